The fraction of sp³-hybridized carbons (Fsp3) is 0.457. The van der Waals surface area contributed by atoms with Crippen LogP contribution in [0.1, 0.15) is 64.0 Å². The topological polar surface area (TPSA) is 193 Å². The number of nitriles is 1. The molecule has 1 aliphatic rings. The van der Waals surface area contributed by atoms with E-state index in [1.54, 1.807) is 111 Å². The number of hydrogen-bond acceptors (Lipinski definition) is 14. The Labute approximate surface area is 394 Å². The molecule has 4 aromatic rings. The second-order valence-electron chi connectivity index (χ2n) is 16.2. The van der Waals surface area contributed by atoms with Crippen molar-refractivity contribution >= 4 is 25.6 Å². The van der Waals surface area contributed by atoms with E-state index in [0.717, 1.165) is 17.7 Å². The quantitative estimate of drug-likeness (QED) is 0.0269. The maximum Gasteiger partial charge on any atom is 0.411 e. The molecule has 0 radical (unpaired) electrons. The van der Waals surface area contributed by atoms with E-state index in [2.05, 4.69) is 15.0 Å². The van der Waals surface area contributed by atoms with Crippen molar-refractivity contribution < 1.29 is 73.8 Å². The molecule has 0 bridgehead atoms. The lowest BCUT2D eigenvalue weighted by molar-refractivity contribution is -0.285. The molecule has 23 heteroatoms. The van der Waals surface area contributed by atoms with Crippen LogP contribution in [0.25, 0.3) is 0 Å². The van der Waals surface area contributed by atoms with E-state index < -0.39 is 99.3 Å². The van der Waals surface area contributed by atoms with Crippen LogP contribution in [0.2, 0.25) is 0 Å². The molecule has 1 aliphatic heterocycles. The molecule has 1 aromatic heterocycles. The fourth-order valence-corrected chi connectivity index (χ4v) is 11.1. The van der Waals surface area contributed by atoms with E-state index in [9.17, 15) is 50.9 Å². The fourth-order valence-electron chi connectivity index (χ4n) is 8.15. The number of carbonyl (C=O) groups is 2. The molecule has 374 valence electrons. The van der Waals surface area contributed by atoms with Crippen LogP contribution >= 0.6 is 7.87 Å². The Bertz CT molecular complexity index is 2370. The first kappa shape index (κ1) is 54.3. The Kier molecular flexibility index (Phi) is 18.0. The zero-order valence-electron chi connectivity index (χ0n) is 38.6. The summed E-state index contributed by atoms with van der Waals surface area (Å²) < 4.78 is 126. The van der Waals surface area contributed by atoms with Gasteiger partial charge in [-0.3, -0.25) is 14.2 Å². The van der Waals surface area contributed by atoms with Crippen molar-refractivity contribution in [3.8, 4) is 17.6 Å². The number of ether oxygens (including phenoxy) is 6. The number of methoxy groups -OCH3 is 2. The van der Waals surface area contributed by atoms with Crippen molar-refractivity contribution in [1.82, 2.24) is 14.2 Å². The van der Waals surface area contributed by atoms with E-state index in [0.29, 0.717) is 28.2 Å². The molecule has 1 amide bonds. The summed E-state index contributed by atoms with van der Waals surface area (Å²) in [5, 5.41) is 12.1. The maximum atomic E-state index is 13.8. The van der Waals surface area contributed by atoms with E-state index in [1.165, 1.54) is 20.3 Å². The van der Waals surface area contributed by atoms with Crippen molar-refractivity contribution in [2.24, 2.45) is 5.92 Å². The molecule has 2 N–H and O–H groups in total. The average Bonchev–Trinajstić information content (AvgIpc) is 3.60. The first-order valence-corrected chi connectivity index (χ1v) is 23.2. The van der Waals surface area contributed by atoms with Gasteiger partial charge in [-0.15, -0.1) is 4.67 Å². The molecule has 5 atom stereocenters. The number of carbonyl (C=O) groups excluding carboxylic acids is 2. The van der Waals surface area contributed by atoms with Gasteiger partial charge in [0, 0.05) is 25.2 Å². The van der Waals surface area contributed by atoms with Crippen molar-refractivity contribution in [2.75, 3.05) is 39.1 Å². The predicted octanol–water partition coefficient (Wildman–Crippen LogP) is 7.92. The number of rotatable bonds is 21. The molecule has 5 rings (SSSR count). The molecule has 0 aliphatic carbocycles. The minimum atomic E-state index is -6.10. The molecule has 69 heavy (non-hydrogen) atoms. The van der Waals surface area contributed by atoms with Gasteiger partial charge in [0.1, 0.15) is 41.3 Å². The van der Waals surface area contributed by atoms with Gasteiger partial charge in [0.15, 0.2) is 19.1 Å². The van der Waals surface area contributed by atoms with Crippen molar-refractivity contribution in [3.63, 3.8) is 0 Å². The van der Waals surface area contributed by atoms with Gasteiger partial charge >= 0.3 is 31.9 Å². The van der Waals surface area contributed by atoms with Crippen LogP contribution in [-0.2, 0) is 38.7 Å². The second kappa shape index (κ2) is 22.8. The Morgan fingerprint density at radius 3 is 1.87 bits per heavy atom. The molecule has 16 nitrogen and oxygen atoms in total. The minimum Gasteiger partial charge on any atom is -0.497 e. The normalized spacial score (nSPS) is 18.6. The number of hydrogen-bond donors (Lipinski definition) is 2. The lowest BCUT2D eigenvalue weighted by Crippen LogP contribution is -2.46. The molecule has 3 aromatic carbocycles. The van der Waals surface area contributed by atoms with Gasteiger partial charge in [0.25, 0.3) is 0 Å². The molecule has 1 fully saturated rings. The Balaban J connectivity index is 1.73. The number of esters is 1. The lowest BCUT2D eigenvalue weighted by atomic mass is 9.80. The zero-order chi connectivity index (χ0) is 50.9. The third kappa shape index (κ3) is 12.8. The highest BCUT2D eigenvalue weighted by molar-refractivity contribution is 7.63. The molecule has 0 saturated carbocycles. The summed E-state index contributed by atoms with van der Waals surface area (Å²) in [4.78, 5) is 54.8. The van der Waals surface area contributed by atoms with E-state index in [-0.39, 0.29) is 18.4 Å². The van der Waals surface area contributed by atoms with Gasteiger partial charge in [0.2, 0.25) is 11.8 Å². The smallest absolute Gasteiger partial charge is 0.411 e. The van der Waals surface area contributed by atoms with Crippen LogP contribution in [0.15, 0.2) is 95.9 Å². The predicted molar refractivity (Wildman–Crippen MR) is 238 cm³/mol. The Morgan fingerprint density at radius 1 is 0.870 bits per heavy atom. The Morgan fingerprint density at radius 2 is 1.41 bits per heavy atom. The van der Waals surface area contributed by atoms with E-state index in [1.807, 2.05) is 6.07 Å². The average molecular weight is 997 g/mol. The van der Waals surface area contributed by atoms with Gasteiger partial charge in [-0.1, -0.05) is 54.6 Å². The first-order chi connectivity index (χ1) is 32.5. The molecule has 2 heterocycles. The van der Waals surface area contributed by atoms with E-state index in [4.69, 9.17) is 28.2 Å². The van der Waals surface area contributed by atoms with Gasteiger partial charge in [-0.25, -0.2) is 9.69 Å². The molecule has 0 spiro atoms. The second-order valence-corrected chi connectivity index (χ2v) is 18.7. The zero-order valence-corrected chi connectivity index (χ0v) is 39.5. The summed E-state index contributed by atoms with van der Waals surface area (Å²) in [6.07, 6.45) is -18.4. The van der Waals surface area contributed by atoms with Gasteiger partial charge in [-0.05, 0) is 74.7 Å². The largest absolute Gasteiger partial charge is 0.497 e. The standard InChI is InChI=1S/C46H52F6N5O11P/c1-28(2)57(29(3)4)69(61,25-11-23-53)68-38-36(26-66-44(31-12-9-8-10-13-31,32-14-18-34(62-6)19-15-32)33-16-20-35(63-7)21-17-33)67-41(56-24-22-37(54-30(5)58)55-43(56)60)39(38)64-27-65-42(59)40(45(47,48)49)46(50,51)52/h8-10,12-22,24,28-29,36,38-41,61H,11,25-27H2,1-7H3/p+1/t36-,38-,39-,41-,69?/m1/s1. The van der Waals surface area contributed by atoms with Crippen LogP contribution in [0.5, 0.6) is 11.5 Å². The van der Waals surface area contributed by atoms with Crippen molar-refractivity contribution in [2.45, 2.75) is 95.6 Å². The van der Waals surface area contributed by atoms with E-state index >= 15 is 0 Å². The van der Waals surface area contributed by atoms with Crippen LogP contribution in [0.4, 0.5) is 32.2 Å². The van der Waals surface area contributed by atoms with Crippen LogP contribution in [0, 0.1) is 17.2 Å². The number of alkyl halides is 6. The number of benzene rings is 3. The molecule has 1 unspecified atom stereocenters. The highest BCUT2D eigenvalue weighted by Gasteiger charge is 2.63. The monoisotopic (exact) mass is 996 g/mol. The molecular formula is C46H53F6N5O11P+. The van der Waals surface area contributed by atoms with Gasteiger partial charge < -0.3 is 33.7 Å². The number of amides is 1. The summed E-state index contributed by atoms with van der Waals surface area (Å²) in [5.41, 5.74) is -0.967. The summed E-state index contributed by atoms with van der Waals surface area (Å²) >= 11 is 0. The van der Waals surface area contributed by atoms with Crippen molar-refractivity contribution in [1.29, 1.82) is 5.26 Å². The first-order valence-electron chi connectivity index (χ1n) is 21.4. The maximum absolute atomic E-state index is 13.8. The summed E-state index contributed by atoms with van der Waals surface area (Å²) in [5.74, 6) is -7.05. The third-order valence-electron chi connectivity index (χ3n) is 10.9. The van der Waals surface area contributed by atoms with Crippen molar-refractivity contribution in [3.05, 3.63) is 118 Å². The highest BCUT2D eigenvalue weighted by Crippen LogP contribution is 2.64. The number of anilines is 1. The third-order valence-corrected chi connectivity index (χ3v) is 13.9. The van der Waals surface area contributed by atoms with Gasteiger partial charge in [0.05, 0.1) is 33.3 Å². The summed E-state index contributed by atoms with van der Waals surface area (Å²) in [6.45, 7) is 6.05. The number of nitrogens with zero attached hydrogens (tertiary/aromatic N) is 4. The minimum absolute atomic E-state index is 0.195. The summed E-state index contributed by atoms with van der Waals surface area (Å²) in [6, 6.07) is 25.1. The van der Waals surface area contributed by atoms with Crippen LogP contribution < -0.4 is 20.5 Å². The number of nitrogens with one attached hydrogen (secondary N) is 1. The van der Waals surface area contributed by atoms with Crippen LogP contribution in [-0.4, -0.2) is 108 Å². The van der Waals surface area contributed by atoms with Gasteiger partial charge in [-0.2, -0.15) is 41.1 Å². The highest BCUT2D eigenvalue weighted by atomic mass is 31.2. The Hall–Kier alpha value is -5.66. The van der Waals surface area contributed by atoms with Crippen LogP contribution in [0.3, 0.4) is 0 Å². The SMILES string of the molecule is COc1ccc(C(OC[C@H]2O[C@@H](n3ccc(NC(C)=O)nc3=O)[C@H](OCOC(=O)C(C(F)(F)F)C(F)(F)F)[C@@H]2O[P+](O)(CCC#N)N(C(C)C)C(C)C)(c2ccccc2)c2ccc(OC)cc2)cc1. The lowest BCUT2D eigenvalue weighted by Gasteiger charge is -2.39. The number of aromatic nitrogens is 2. The molecular weight excluding hydrogens is 943 g/mol. The summed E-state index contributed by atoms with van der Waals surface area (Å²) in [7, 11) is -1.06. The molecule has 1 saturated heterocycles. The number of halogens is 6.